The summed E-state index contributed by atoms with van der Waals surface area (Å²) < 4.78 is 56.4. The lowest BCUT2D eigenvalue weighted by Gasteiger charge is -2.45. The summed E-state index contributed by atoms with van der Waals surface area (Å²) in [6.45, 7) is 3.01. The average molecular weight is 572 g/mol. The van der Waals surface area contributed by atoms with Crippen molar-refractivity contribution in [1.82, 2.24) is 10.2 Å². The fourth-order valence-corrected chi connectivity index (χ4v) is 5.74. The summed E-state index contributed by atoms with van der Waals surface area (Å²) in [4.78, 5) is 11.4. The Morgan fingerprint density at radius 1 is 1.13 bits per heavy atom. The Balaban J connectivity index is 0.000000532. The largest absolute Gasteiger partial charge is 0.493 e. The molecular weight excluding hydrogens is 538 g/mol. The van der Waals surface area contributed by atoms with Crippen LogP contribution >= 0.6 is 12.2 Å². The van der Waals surface area contributed by atoms with E-state index in [-0.39, 0.29) is 17.3 Å². The molecule has 2 aromatic carbocycles. The number of carbonyl (C=O) groups is 1. The minimum atomic E-state index is -5.08. The summed E-state index contributed by atoms with van der Waals surface area (Å²) in [7, 11) is 5.57. The number of hydrogen-bond acceptors (Lipinski definition) is 5. The van der Waals surface area contributed by atoms with E-state index in [2.05, 4.69) is 34.7 Å². The van der Waals surface area contributed by atoms with E-state index in [1.54, 1.807) is 20.3 Å². The number of benzene rings is 2. The molecule has 4 rings (SSSR count). The number of nitrogens with zero attached hydrogens (tertiary/aromatic N) is 1. The predicted molar refractivity (Wildman–Crippen MR) is 144 cm³/mol. The summed E-state index contributed by atoms with van der Waals surface area (Å²) in [5.41, 5.74) is 3.08. The zero-order valence-corrected chi connectivity index (χ0v) is 23.0. The van der Waals surface area contributed by atoms with Crippen LogP contribution in [0.5, 0.6) is 11.5 Å². The maximum absolute atomic E-state index is 13.6. The van der Waals surface area contributed by atoms with Crippen LogP contribution in [-0.2, 0) is 10.2 Å². The van der Waals surface area contributed by atoms with Gasteiger partial charge in [-0.1, -0.05) is 12.1 Å². The van der Waals surface area contributed by atoms with Gasteiger partial charge in [0.15, 0.2) is 16.6 Å². The van der Waals surface area contributed by atoms with Crippen molar-refractivity contribution in [1.29, 1.82) is 0 Å². The van der Waals surface area contributed by atoms with Crippen LogP contribution in [-0.4, -0.2) is 67.2 Å². The third-order valence-corrected chi connectivity index (χ3v) is 7.73. The number of anilines is 1. The molecule has 39 heavy (non-hydrogen) atoms. The van der Waals surface area contributed by atoms with E-state index >= 15 is 0 Å². The molecule has 1 aliphatic heterocycles. The van der Waals surface area contributed by atoms with E-state index in [9.17, 15) is 17.6 Å². The first-order chi connectivity index (χ1) is 18.3. The van der Waals surface area contributed by atoms with Gasteiger partial charge in [0, 0.05) is 23.2 Å². The Bertz CT molecular complexity index is 1200. The van der Waals surface area contributed by atoms with Crippen LogP contribution in [0, 0.1) is 12.7 Å². The highest BCUT2D eigenvalue weighted by molar-refractivity contribution is 7.80. The van der Waals surface area contributed by atoms with E-state index in [0.29, 0.717) is 16.8 Å². The van der Waals surface area contributed by atoms with E-state index < -0.39 is 12.1 Å². The van der Waals surface area contributed by atoms with Gasteiger partial charge in [-0.25, -0.2) is 9.18 Å². The van der Waals surface area contributed by atoms with Crippen LogP contribution < -0.4 is 20.1 Å². The number of aryl methyl sites for hydroxylation is 1. The Labute approximate surface area is 230 Å². The summed E-state index contributed by atoms with van der Waals surface area (Å²) >= 11 is 5.56. The van der Waals surface area contributed by atoms with Crippen molar-refractivity contribution < 1.29 is 36.9 Å². The second-order valence-electron chi connectivity index (χ2n) is 9.80. The van der Waals surface area contributed by atoms with Gasteiger partial charge in [-0.05, 0) is 93.8 Å². The smallest absolute Gasteiger partial charge is 0.490 e. The molecular formula is C27H33F4N3O4S. The van der Waals surface area contributed by atoms with E-state index in [4.69, 9.17) is 31.6 Å². The zero-order valence-electron chi connectivity index (χ0n) is 22.2. The number of aliphatic carboxylic acids is 1. The number of alkyl halides is 3. The van der Waals surface area contributed by atoms with E-state index in [1.165, 1.54) is 17.7 Å². The Kier molecular flexibility index (Phi) is 9.65. The molecule has 0 radical (unpaired) electrons. The molecule has 0 amide bonds. The van der Waals surface area contributed by atoms with Crippen molar-refractivity contribution in [3.63, 3.8) is 0 Å². The molecule has 1 saturated carbocycles. The van der Waals surface area contributed by atoms with Crippen LogP contribution in [0.25, 0.3) is 0 Å². The van der Waals surface area contributed by atoms with E-state index in [0.717, 1.165) is 49.3 Å². The minimum absolute atomic E-state index is 0.0979. The molecule has 3 atom stereocenters. The summed E-state index contributed by atoms with van der Waals surface area (Å²) in [6, 6.07) is 11.7. The molecule has 0 bridgehead atoms. The number of hydrogen-bond donors (Lipinski definition) is 3. The molecule has 1 heterocycles. The van der Waals surface area contributed by atoms with Crippen molar-refractivity contribution in [2.45, 2.75) is 56.3 Å². The first-order valence-electron chi connectivity index (χ1n) is 12.4. The number of carboxylic acid groups (broad SMARTS) is 1. The Hall–Kier alpha value is -3.12. The van der Waals surface area contributed by atoms with Crippen molar-refractivity contribution in [3.8, 4) is 11.5 Å². The highest BCUT2D eigenvalue weighted by atomic mass is 32.1. The number of carboxylic acids is 1. The number of rotatable bonds is 5. The molecule has 0 spiro atoms. The quantitative estimate of drug-likeness (QED) is 0.331. The lowest BCUT2D eigenvalue weighted by atomic mass is 9.65. The SMILES string of the molecule is COc1ccc([C@@]23CC[C@@H](NC(=S)Nc4cc(F)ccc4C)C[C@@H]2N(C)CC3)cc1OC.O=C(O)C(F)(F)F. The van der Waals surface area contributed by atoms with Gasteiger partial charge in [-0.2, -0.15) is 13.2 Å². The minimum Gasteiger partial charge on any atom is -0.493 e. The van der Waals surface area contributed by atoms with Gasteiger partial charge in [0.05, 0.1) is 14.2 Å². The molecule has 214 valence electrons. The number of halogens is 4. The standard InChI is InChI=1S/C25H32FN3O2S.C2HF3O2/c1-16-5-7-18(26)14-20(16)28-24(32)27-19-9-10-25(11-12-29(2)23(25)15-19)17-6-8-21(30-3)22(13-17)31-4;3-2(4,5)1(6)7/h5-8,13-14,19,23H,9-12,15H2,1-4H3,(H2,27,28,32);(H,6,7)/t19-,23+,25+;/m1./s1. The summed E-state index contributed by atoms with van der Waals surface area (Å²) in [6.07, 6.45) is -0.879. The van der Waals surface area contributed by atoms with Gasteiger partial charge in [-0.15, -0.1) is 0 Å². The molecule has 2 aliphatic rings. The van der Waals surface area contributed by atoms with Crippen LogP contribution in [0.4, 0.5) is 23.2 Å². The number of fused-ring (bicyclic) bond motifs is 1. The van der Waals surface area contributed by atoms with Gasteiger partial charge >= 0.3 is 12.1 Å². The molecule has 0 unspecified atom stereocenters. The highest BCUT2D eigenvalue weighted by Crippen LogP contribution is 2.49. The average Bonchev–Trinajstić information content (AvgIpc) is 3.22. The fourth-order valence-electron chi connectivity index (χ4n) is 5.47. The van der Waals surface area contributed by atoms with Crippen molar-refractivity contribution in [2.75, 3.05) is 33.1 Å². The van der Waals surface area contributed by atoms with Gasteiger partial charge < -0.3 is 30.1 Å². The van der Waals surface area contributed by atoms with Crippen LogP contribution in [0.1, 0.15) is 36.8 Å². The molecule has 3 N–H and O–H groups in total. The first-order valence-corrected chi connectivity index (χ1v) is 12.8. The van der Waals surface area contributed by atoms with Crippen LogP contribution in [0.15, 0.2) is 36.4 Å². The summed E-state index contributed by atoms with van der Waals surface area (Å²) in [5.74, 6) is -1.49. The second kappa shape index (κ2) is 12.4. The molecule has 1 aliphatic carbocycles. The van der Waals surface area contributed by atoms with Crippen molar-refractivity contribution in [2.24, 2.45) is 0 Å². The first kappa shape index (κ1) is 30.4. The number of ether oxygens (including phenoxy) is 2. The van der Waals surface area contributed by atoms with E-state index in [1.807, 2.05) is 13.0 Å². The van der Waals surface area contributed by atoms with Gasteiger partial charge in [0.1, 0.15) is 5.82 Å². The van der Waals surface area contributed by atoms with Crippen LogP contribution in [0.3, 0.4) is 0 Å². The molecule has 7 nitrogen and oxygen atoms in total. The van der Waals surface area contributed by atoms with Gasteiger partial charge in [0.2, 0.25) is 0 Å². The Morgan fingerprint density at radius 3 is 2.41 bits per heavy atom. The highest BCUT2D eigenvalue weighted by Gasteiger charge is 2.50. The predicted octanol–water partition coefficient (Wildman–Crippen LogP) is 5.27. The molecule has 12 heteroatoms. The number of nitrogens with one attached hydrogen (secondary N) is 2. The molecule has 2 fully saturated rings. The molecule has 0 aromatic heterocycles. The number of likely N-dealkylation sites (N-methyl/N-ethyl adjacent to an activating group) is 1. The molecule has 2 aromatic rings. The number of likely N-dealkylation sites (tertiary alicyclic amines) is 1. The third kappa shape index (κ3) is 7.10. The molecule has 1 saturated heterocycles. The monoisotopic (exact) mass is 571 g/mol. The topological polar surface area (TPSA) is 83.1 Å². The van der Waals surface area contributed by atoms with Gasteiger partial charge in [0.25, 0.3) is 0 Å². The Morgan fingerprint density at radius 2 is 1.79 bits per heavy atom. The normalized spacial score (nSPS) is 22.7. The third-order valence-electron chi connectivity index (χ3n) is 7.51. The number of methoxy groups -OCH3 is 2. The lowest BCUT2D eigenvalue weighted by molar-refractivity contribution is -0.192. The fraction of sp³-hybridized carbons (Fsp3) is 0.481. The maximum Gasteiger partial charge on any atom is 0.490 e. The van der Waals surface area contributed by atoms with Crippen molar-refractivity contribution in [3.05, 3.63) is 53.3 Å². The lowest BCUT2D eigenvalue weighted by Crippen LogP contribution is -2.52. The zero-order chi connectivity index (χ0) is 29.0. The second-order valence-corrected chi connectivity index (χ2v) is 10.2. The van der Waals surface area contributed by atoms with Crippen molar-refractivity contribution >= 4 is 29.0 Å². The number of thiocarbonyl (C=S) groups is 1. The summed E-state index contributed by atoms with van der Waals surface area (Å²) in [5, 5.41) is 14.3. The van der Waals surface area contributed by atoms with Crippen LogP contribution in [0.2, 0.25) is 0 Å². The maximum atomic E-state index is 13.6. The van der Waals surface area contributed by atoms with Gasteiger partial charge in [-0.3, -0.25) is 0 Å².